The molecule has 2 aromatic rings. The number of aryl methyl sites for hydroxylation is 2. The minimum atomic E-state index is -0.390. The van der Waals surface area contributed by atoms with Crippen LogP contribution in [0, 0.1) is 13.8 Å². The summed E-state index contributed by atoms with van der Waals surface area (Å²) in [6.45, 7) is 3.64. The van der Waals surface area contributed by atoms with E-state index in [1.54, 1.807) is 6.92 Å². The number of hydrogen-bond acceptors (Lipinski definition) is 3. The van der Waals surface area contributed by atoms with Gasteiger partial charge in [0.1, 0.15) is 11.3 Å². The van der Waals surface area contributed by atoms with E-state index in [2.05, 4.69) is 31.9 Å². The Balaban J connectivity index is 2.69. The van der Waals surface area contributed by atoms with E-state index in [1.165, 1.54) is 6.07 Å². The summed E-state index contributed by atoms with van der Waals surface area (Å²) in [7, 11) is 0. The molecule has 2 rings (SSSR count). The molecule has 0 fully saturated rings. The molecule has 1 aromatic heterocycles. The maximum atomic E-state index is 11.4. The molecule has 1 atom stereocenters. The molecule has 0 unspecified atom stereocenters. The fraction of sp³-hybridized carbons (Fsp3) is 0.357. The standard InChI is InChI=1S/C14H14Br2O3/c1-7-3-12(17)19-14-8(2)13(18)9(5-11(7)14)4-10(16)6-15/h3,5,10,18H,4,6H2,1-2H3/t10-/m1/s1. The molecule has 0 saturated carbocycles. The number of hydrogen-bond donors (Lipinski definition) is 1. The fourth-order valence-corrected chi connectivity index (χ4v) is 2.69. The first-order valence-corrected chi connectivity index (χ1v) is 7.93. The number of aromatic hydroxyl groups is 1. The summed E-state index contributed by atoms with van der Waals surface area (Å²) in [5, 5.41) is 11.9. The molecule has 102 valence electrons. The van der Waals surface area contributed by atoms with E-state index in [0.29, 0.717) is 17.6 Å². The minimum absolute atomic E-state index is 0.201. The van der Waals surface area contributed by atoms with Crippen LogP contribution in [0.3, 0.4) is 0 Å². The summed E-state index contributed by atoms with van der Waals surface area (Å²) in [5.74, 6) is 0.201. The van der Waals surface area contributed by atoms with Gasteiger partial charge in [-0.05, 0) is 37.5 Å². The van der Waals surface area contributed by atoms with Crippen LogP contribution in [-0.4, -0.2) is 15.3 Å². The fourth-order valence-electron chi connectivity index (χ4n) is 2.12. The van der Waals surface area contributed by atoms with Crippen LogP contribution in [0.25, 0.3) is 11.0 Å². The number of phenolic OH excluding ortho intramolecular Hbond substituents is 1. The zero-order chi connectivity index (χ0) is 14.2. The van der Waals surface area contributed by atoms with Crippen molar-refractivity contribution in [3.63, 3.8) is 0 Å². The van der Waals surface area contributed by atoms with Gasteiger partial charge in [-0.3, -0.25) is 0 Å². The Morgan fingerprint density at radius 3 is 2.68 bits per heavy atom. The van der Waals surface area contributed by atoms with Gasteiger partial charge in [-0.15, -0.1) is 0 Å². The highest BCUT2D eigenvalue weighted by molar-refractivity contribution is 9.12. The molecule has 0 aliphatic carbocycles. The molecule has 19 heavy (non-hydrogen) atoms. The van der Waals surface area contributed by atoms with Crippen LogP contribution < -0.4 is 5.63 Å². The lowest BCUT2D eigenvalue weighted by Gasteiger charge is -2.13. The number of halogens is 2. The SMILES string of the molecule is Cc1cc(=O)oc2c(C)c(O)c(C[C@@H](Br)CBr)cc12. The number of phenols is 1. The summed E-state index contributed by atoms with van der Waals surface area (Å²) in [6, 6.07) is 3.37. The average molecular weight is 390 g/mol. The lowest BCUT2D eigenvalue weighted by Crippen LogP contribution is -2.06. The molecular weight excluding hydrogens is 376 g/mol. The molecule has 0 spiro atoms. The summed E-state index contributed by atoms with van der Waals surface area (Å²) in [5.41, 5.74) is 2.40. The smallest absolute Gasteiger partial charge is 0.336 e. The number of alkyl halides is 2. The van der Waals surface area contributed by atoms with Crippen molar-refractivity contribution in [2.45, 2.75) is 25.1 Å². The van der Waals surface area contributed by atoms with Gasteiger partial charge in [0.15, 0.2) is 0 Å². The van der Waals surface area contributed by atoms with E-state index in [-0.39, 0.29) is 16.2 Å². The van der Waals surface area contributed by atoms with E-state index < -0.39 is 0 Å². The van der Waals surface area contributed by atoms with Gasteiger partial charge in [-0.1, -0.05) is 31.9 Å². The lowest BCUT2D eigenvalue weighted by atomic mass is 10.00. The first-order valence-electron chi connectivity index (χ1n) is 5.90. The summed E-state index contributed by atoms with van der Waals surface area (Å²) >= 11 is 6.94. The molecule has 0 radical (unpaired) electrons. The second kappa shape index (κ2) is 5.67. The highest BCUT2D eigenvalue weighted by Gasteiger charge is 2.15. The maximum Gasteiger partial charge on any atom is 0.336 e. The summed E-state index contributed by atoms with van der Waals surface area (Å²) in [4.78, 5) is 11.7. The van der Waals surface area contributed by atoms with E-state index >= 15 is 0 Å². The first kappa shape index (κ1) is 14.6. The van der Waals surface area contributed by atoms with Crippen molar-refractivity contribution in [2.24, 2.45) is 0 Å². The molecule has 0 bridgehead atoms. The molecule has 0 amide bonds. The van der Waals surface area contributed by atoms with Crippen LogP contribution in [0.15, 0.2) is 21.3 Å². The van der Waals surface area contributed by atoms with Gasteiger partial charge in [-0.25, -0.2) is 4.79 Å². The van der Waals surface area contributed by atoms with E-state index in [4.69, 9.17) is 4.42 Å². The van der Waals surface area contributed by atoms with Crippen LogP contribution in [0.5, 0.6) is 5.75 Å². The number of benzene rings is 1. The highest BCUT2D eigenvalue weighted by Crippen LogP contribution is 2.33. The van der Waals surface area contributed by atoms with Crippen molar-refractivity contribution in [3.05, 3.63) is 39.2 Å². The third kappa shape index (κ3) is 2.87. The van der Waals surface area contributed by atoms with Crippen LogP contribution in [-0.2, 0) is 6.42 Å². The molecule has 0 aliphatic rings. The maximum absolute atomic E-state index is 11.4. The predicted molar refractivity (Wildman–Crippen MR) is 83.8 cm³/mol. The molecule has 0 aliphatic heterocycles. The van der Waals surface area contributed by atoms with Gasteiger partial charge in [0, 0.05) is 27.2 Å². The number of fused-ring (bicyclic) bond motifs is 1. The van der Waals surface area contributed by atoms with Crippen LogP contribution in [0.4, 0.5) is 0 Å². The second-order valence-corrected chi connectivity index (χ2v) is 6.53. The summed E-state index contributed by atoms with van der Waals surface area (Å²) < 4.78 is 5.20. The molecule has 5 heteroatoms. The zero-order valence-electron chi connectivity index (χ0n) is 10.7. The molecule has 1 heterocycles. The second-order valence-electron chi connectivity index (χ2n) is 4.59. The normalized spacial score (nSPS) is 12.8. The van der Waals surface area contributed by atoms with Gasteiger partial charge in [-0.2, -0.15) is 0 Å². The van der Waals surface area contributed by atoms with Crippen LogP contribution in [0.2, 0.25) is 0 Å². The Labute approximate surface area is 127 Å². The topological polar surface area (TPSA) is 50.4 Å². The Morgan fingerprint density at radius 1 is 1.37 bits per heavy atom. The Hall–Kier alpha value is -0.810. The van der Waals surface area contributed by atoms with Crippen molar-refractivity contribution in [1.82, 2.24) is 0 Å². The Morgan fingerprint density at radius 2 is 2.05 bits per heavy atom. The molecular formula is C14H14Br2O3. The molecule has 1 N–H and O–H groups in total. The van der Waals surface area contributed by atoms with E-state index in [0.717, 1.165) is 21.8 Å². The van der Waals surface area contributed by atoms with Crippen molar-refractivity contribution in [1.29, 1.82) is 0 Å². The Bertz CT molecular complexity index is 676. The van der Waals surface area contributed by atoms with Gasteiger partial charge < -0.3 is 9.52 Å². The predicted octanol–water partition coefficient (Wildman–Crippen LogP) is 3.82. The van der Waals surface area contributed by atoms with E-state index in [9.17, 15) is 9.90 Å². The number of rotatable bonds is 3. The zero-order valence-corrected chi connectivity index (χ0v) is 13.8. The van der Waals surface area contributed by atoms with E-state index in [1.807, 2.05) is 13.0 Å². The van der Waals surface area contributed by atoms with Crippen LogP contribution in [0.1, 0.15) is 16.7 Å². The average Bonchev–Trinajstić information content (AvgIpc) is 2.36. The lowest BCUT2D eigenvalue weighted by molar-refractivity contribution is 0.461. The summed E-state index contributed by atoms with van der Waals surface area (Å²) in [6.07, 6.45) is 0.701. The first-order chi connectivity index (χ1) is 8.93. The molecule has 0 saturated heterocycles. The van der Waals surface area contributed by atoms with Crippen LogP contribution >= 0.6 is 31.9 Å². The quantitative estimate of drug-likeness (QED) is 0.641. The van der Waals surface area contributed by atoms with Gasteiger partial charge in [0.05, 0.1) is 0 Å². The van der Waals surface area contributed by atoms with Crippen molar-refractivity contribution in [3.8, 4) is 5.75 Å². The molecule has 1 aromatic carbocycles. The third-order valence-corrected chi connectivity index (χ3v) is 5.43. The third-order valence-electron chi connectivity index (χ3n) is 3.13. The van der Waals surface area contributed by atoms with Gasteiger partial charge >= 0.3 is 5.63 Å². The minimum Gasteiger partial charge on any atom is -0.507 e. The largest absolute Gasteiger partial charge is 0.507 e. The monoisotopic (exact) mass is 388 g/mol. The van der Waals surface area contributed by atoms with Gasteiger partial charge in [0.2, 0.25) is 0 Å². The van der Waals surface area contributed by atoms with Crippen molar-refractivity contribution in [2.75, 3.05) is 5.33 Å². The van der Waals surface area contributed by atoms with Crippen molar-refractivity contribution >= 4 is 42.8 Å². The molecule has 3 nitrogen and oxygen atoms in total. The Kier molecular flexibility index (Phi) is 4.36. The van der Waals surface area contributed by atoms with Crippen molar-refractivity contribution < 1.29 is 9.52 Å². The highest BCUT2D eigenvalue weighted by atomic mass is 79.9. The van der Waals surface area contributed by atoms with Gasteiger partial charge in [0.25, 0.3) is 0 Å².